The summed E-state index contributed by atoms with van der Waals surface area (Å²) in [5.41, 5.74) is 3.00. The number of aliphatic hydroxyl groups is 1. The van der Waals surface area contributed by atoms with Gasteiger partial charge in [-0.15, -0.1) is 0 Å². The van der Waals surface area contributed by atoms with Crippen LogP contribution in [0.5, 0.6) is 5.75 Å². The highest BCUT2D eigenvalue weighted by atomic mass is 16.5. The van der Waals surface area contributed by atoms with Crippen molar-refractivity contribution in [1.82, 2.24) is 19.5 Å². The topological polar surface area (TPSA) is 80.0 Å². The summed E-state index contributed by atoms with van der Waals surface area (Å²) in [6, 6.07) is 7.91. The first-order valence-corrected chi connectivity index (χ1v) is 9.09. The first-order chi connectivity index (χ1) is 13.2. The third kappa shape index (κ3) is 3.26. The molecule has 3 aromatic rings. The molecule has 27 heavy (non-hydrogen) atoms. The number of carbonyl (C=O) groups is 1. The molecule has 0 saturated carbocycles. The van der Waals surface area contributed by atoms with Gasteiger partial charge in [-0.25, -0.2) is 9.50 Å². The first kappa shape index (κ1) is 17.5. The van der Waals surface area contributed by atoms with Gasteiger partial charge < -0.3 is 14.7 Å². The Hall–Kier alpha value is -2.93. The predicted octanol–water partition coefficient (Wildman–Crippen LogP) is 2.25. The second-order valence-corrected chi connectivity index (χ2v) is 6.70. The molecule has 140 valence electrons. The van der Waals surface area contributed by atoms with Gasteiger partial charge in [0, 0.05) is 25.5 Å². The van der Waals surface area contributed by atoms with E-state index in [2.05, 4.69) is 10.1 Å². The number of hydrogen-bond acceptors (Lipinski definition) is 5. The molecule has 1 aromatic carbocycles. The summed E-state index contributed by atoms with van der Waals surface area (Å²) in [4.78, 5) is 19.5. The van der Waals surface area contributed by atoms with E-state index in [9.17, 15) is 4.79 Å². The van der Waals surface area contributed by atoms with Gasteiger partial charge >= 0.3 is 0 Å². The molecular weight excluding hydrogens is 344 g/mol. The van der Waals surface area contributed by atoms with Crippen LogP contribution in [-0.2, 0) is 6.42 Å². The van der Waals surface area contributed by atoms with E-state index < -0.39 is 0 Å². The number of carbonyl (C=O) groups excluding carboxylic acids is 1. The molecule has 3 heterocycles. The summed E-state index contributed by atoms with van der Waals surface area (Å²) < 4.78 is 6.93. The van der Waals surface area contributed by atoms with E-state index in [-0.39, 0.29) is 18.6 Å². The second-order valence-electron chi connectivity index (χ2n) is 6.70. The van der Waals surface area contributed by atoms with Crippen LogP contribution in [0.1, 0.15) is 40.4 Å². The van der Waals surface area contributed by atoms with Crippen molar-refractivity contribution >= 4 is 11.6 Å². The van der Waals surface area contributed by atoms with Crippen LogP contribution >= 0.6 is 0 Å². The quantitative estimate of drug-likeness (QED) is 0.749. The van der Waals surface area contributed by atoms with Gasteiger partial charge in [0.15, 0.2) is 5.65 Å². The molecule has 1 amide bonds. The number of hydrogen-bond donors (Lipinski definition) is 1. The summed E-state index contributed by atoms with van der Waals surface area (Å²) in [5, 5.41) is 13.4. The average molecular weight is 366 g/mol. The van der Waals surface area contributed by atoms with Crippen molar-refractivity contribution in [2.75, 3.05) is 20.3 Å². The second kappa shape index (κ2) is 7.36. The lowest BCUT2D eigenvalue weighted by molar-refractivity contribution is 0.0737. The Morgan fingerprint density at radius 2 is 2.26 bits per heavy atom. The molecule has 1 aliphatic rings. The maximum atomic E-state index is 13.2. The van der Waals surface area contributed by atoms with Crippen molar-refractivity contribution in [2.24, 2.45) is 0 Å². The number of methoxy groups -OCH3 is 1. The Bertz CT molecular complexity index is 969. The van der Waals surface area contributed by atoms with Gasteiger partial charge in [-0.2, -0.15) is 5.10 Å². The number of aliphatic hydroxyl groups excluding tert-OH is 1. The first-order valence-electron chi connectivity index (χ1n) is 9.09. The molecule has 4 rings (SSSR count). The van der Waals surface area contributed by atoms with E-state index in [1.807, 2.05) is 29.2 Å². The third-order valence-corrected chi connectivity index (χ3v) is 5.03. The van der Waals surface area contributed by atoms with Gasteiger partial charge in [0.2, 0.25) is 0 Å². The van der Waals surface area contributed by atoms with E-state index >= 15 is 0 Å². The zero-order chi connectivity index (χ0) is 18.8. The predicted molar refractivity (Wildman–Crippen MR) is 99.8 cm³/mol. The molecule has 7 heteroatoms. The molecule has 1 fully saturated rings. The minimum absolute atomic E-state index is 0.0243. The van der Waals surface area contributed by atoms with Crippen LogP contribution in [-0.4, -0.2) is 50.8 Å². The summed E-state index contributed by atoms with van der Waals surface area (Å²) >= 11 is 0. The van der Waals surface area contributed by atoms with Crippen LogP contribution < -0.4 is 4.74 Å². The zero-order valence-corrected chi connectivity index (χ0v) is 15.2. The number of fused-ring (bicyclic) bond motifs is 1. The van der Waals surface area contributed by atoms with E-state index in [4.69, 9.17) is 9.84 Å². The molecular formula is C20H22N4O3. The smallest absolute Gasteiger partial charge is 0.259 e. The minimum atomic E-state index is -0.0577. The zero-order valence-electron chi connectivity index (χ0n) is 15.2. The number of benzene rings is 1. The molecule has 0 radical (unpaired) electrons. The Kier molecular flexibility index (Phi) is 4.77. The van der Waals surface area contributed by atoms with Crippen LogP contribution in [0.15, 0.2) is 42.9 Å². The number of likely N-dealkylation sites (tertiary alicyclic amines) is 1. The third-order valence-electron chi connectivity index (χ3n) is 5.03. The van der Waals surface area contributed by atoms with Crippen molar-refractivity contribution in [1.29, 1.82) is 0 Å². The summed E-state index contributed by atoms with van der Waals surface area (Å²) in [7, 11) is 1.65. The van der Waals surface area contributed by atoms with Gasteiger partial charge in [0.1, 0.15) is 11.3 Å². The van der Waals surface area contributed by atoms with Gasteiger partial charge in [-0.1, -0.05) is 12.1 Å². The van der Waals surface area contributed by atoms with E-state index in [1.165, 1.54) is 0 Å². The molecule has 1 N–H and O–H groups in total. The lowest BCUT2D eigenvalue weighted by atomic mass is 10.0. The molecule has 0 aliphatic carbocycles. The normalized spacial score (nSPS) is 16.8. The summed E-state index contributed by atoms with van der Waals surface area (Å²) in [6.45, 7) is 0.761. The standard InChI is InChI=1S/C20H22N4O3/c1-27-16-5-2-4-15(10-16)18-6-3-8-23(18)20(26)17-12-22-24-13-14(7-9-25)11-21-19(17)24/h2,4-5,10-13,18,25H,3,6-9H2,1H3/t18-/m0/s1. The monoisotopic (exact) mass is 366 g/mol. The fourth-order valence-corrected chi connectivity index (χ4v) is 3.68. The Labute approximate surface area is 157 Å². The van der Waals surface area contributed by atoms with Crippen molar-refractivity contribution in [3.05, 3.63) is 59.5 Å². The van der Waals surface area contributed by atoms with Crippen LogP contribution in [0.25, 0.3) is 5.65 Å². The highest BCUT2D eigenvalue weighted by Gasteiger charge is 2.32. The van der Waals surface area contributed by atoms with Crippen molar-refractivity contribution < 1.29 is 14.6 Å². The molecule has 1 aliphatic heterocycles. The van der Waals surface area contributed by atoms with Crippen LogP contribution in [0, 0.1) is 0 Å². The van der Waals surface area contributed by atoms with Crippen LogP contribution in [0.3, 0.4) is 0 Å². The Morgan fingerprint density at radius 3 is 3.07 bits per heavy atom. The summed E-state index contributed by atoms with van der Waals surface area (Å²) in [5.74, 6) is 0.735. The van der Waals surface area contributed by atoms with Crippen molar-refractivity contribution in [2.45, 2.75) is 25.3 Å². The van der Waals surface area contributed by atoms with E-state index in [0.29, 0.717) is 24.2 Å². The highest BCUT2D eigenvalue weighted by molar-refractivity contribution is 6.00. The SMILES string of the molecule is COc1cccc([C@@H]2CCCN2C(=O)c2cnn3cc(CCO)cnc23)c1. The van der Waals surface area contributed by atoms with Gasteiger partial charge in [-0.05, 0) is 42.5 Å². The molecule has 2 aromatic heterocycles. The Morgan fingerprint density at radius 1 is 1.37 bits per heavy atom. The number of aromatic nitrogens is 3. The van der Waals surface area contributed by atoms with Crippen molar-refractivity contribution in [3.63, 3.8) is 0 Å². The lowest BCUT2D eigenvalue weighted by Gasteiger charge is -2.25. The minimum Gasteiger partial charge on any atom is -0.497 e. The van der Waals surface area contributed by atoms with Crippen molar-refractivity contribution in [3.8, 4) is 5.75 Å². The fourth-order valence-electron chi connectivity index (χ4n) is 3.68. The van der Waals surface area contributed by atoms with Gasteiger partial charge in [0.05, 0.1) is 19.3 Å². The lowest BCUT2D eigenvalue weighted by Crippen LogP contribution is -2.30. The molecule has 0 bridgehead atoms. The molecule has 1 atom stereocenters. The van der Waals surface area contributed by atoms with Crippen LogP contribution in [0.2, 0.25) is 0 Å². The van der Waals surface area contributed by atoms with E-state index in [1.54, 1.807) is 30.2 Å². The number of ether oxygens (including phenoxy) is 1. The molecule has 1 saturated heterocycles. The van der Waals surface area contributed by atoms with Gasteiger partial charge in [-0.3, -0.25) is 4.79 Å². The summed E-state index contributed by atoms with van der Waals surface area (Å²) in [6.07, 6.45) is 7.46. The molecule has 0 unspecified atom stereocenters. The van der Waals surface area contributed by atoms with Gasteiger partial charge in [0.25, 0.3) is 5.91 Å². The molecule has 7 nitrogen and oxygen atoms in total. The number of amides is 1. The fraction of sp³-hybridized carbons (Fsp3) is 0.350. The highest BCUT2D eigenvalue weighted by Crippen LogP contribution is 2.34. The number of nitrogens with zero attached hydrogens (tertiary/aromatic N) is 4. The maximum Gasteiger partial charge on any atom is 0.259 e. The largest absolute Gasteiger partial charge is 0.497 e. The number of rotatable bonds is 5. The van der Waals surface area contributed by atoms with E-state index in [0.717, 1.165) is 29.7 Å². The Balaban J connectivity index is 1.64. The average Bonchev–Trinajstić information content (AvgIpc) is 3.35. The molecule has 0 spiro atoms. The maximum absolute atomic E-state index is 13.2. The van der Waals surface area contributed by atoms with Crippen LogP contribution in [0.4, 0.5) is 0 Å².